The molecule has 0 bridgehead atoms. The topological polar surface area (TPSA) is 29.1 Å². The number of nitrogens with one attached hydrogen (secondary N) is 1. The van der Waals surface area contributed by atoms with Gasteiger partial charge in [0.05, 0.1) is 0 Å². The average molecular weight is 215 g/mol. The smallest absolute Gasteiger partial charge is 0.219 e. The molecule has 1 amide bonds. The molecule has 1 aliphatic rings. The predicted molar refractivity (Wildman–Crippen MR) is 62.6 cm³/mol. The molecule has 1 saturated carbocycles. The van der Waals surface area contributed by atoms with Crippen LogP contribution in [0.4, 0.5) is 0 Å². The number of rotatable bonds is 5. The van der Waals surface area contributed by atoms with E-state index in [0.29, 0.717) is 6.42 Å². The Morgan fingerprint density at radius 3 is 2.71 bits per heavy atom. The maximum atomic E-state index is 10.9. The van der Waals surface area contributed by atoms with Crippen molar-refractivity contribution >= 4 is 17.7 Å². The van der Waals surface area contributed by atoms with E-state index in [9.17, 15) is 4.79 Å². The third-order valence-corrected chi connectivity index (χ3v) is 4.03. The predicted octanol–water partition coefficient (Wildman–Crippen LogP) is 2.58. The van der Waals surface area contributed by atoms with Crippen LogP contribution in [0.5, 0.6) is 0 Å². The number of amides is 1. The Hall–Kier alpha value is -0.180. The van der Waals surface area contributed by atoms with Crippen LogP contribution in [0.3, 0.4) is 0 Å². The second kappa shape index (κ2) is 7.16. The number of hydrogen-bond donors (Lipinski definition) is 1. The number of hydrogen-bond acceptors (Lipinski definition) is 2. The van der Waals surface area contributed by atoms with Crippen LogP contribution in [0, 0.1) is 0 Å². The van der Waals surface area contributed by atoms with Crippen LogP contribution in [0.15, 0.2) is 0 Å². The van der Waals surface area contributed by atoms with Gasteiger partial charge in [-0.05, 0) is 12.8 Å². The van der Waals surface area contributed by atoms with E-state index in [1.165, 1.54) is 32.1 Å². The Morgan fingerprint density at radius 2 is 2.07 bits per heavy atom. The van der Waals surface area contributed by atoms with E-state index in [1.54, 1.807) is 0 Å². The molecule has 0 atom stereocenters. The third kappa shape index (κ3) is 4.89. The zero-order chi connectivity index (χ0) is 10.2. The zero-order valence-corrected chi connectivity index (χ0v) is 9.87. The molecular weight excluding hydrogens is 194 g/mol. The highest BCUT2D eigenvalue weighted by molar-refractivity contribution is 7.99. The van der Waals surface area contributed by atoms with Crippen molar-refractivity contribution in [2.75, 3.05) is 12.3 Å². The maximum Gasteiger partial charge on any atom is 0.219 e. The summed E-state index contributed by atoms with van der Waals surface area (Å²) in [7, 11) is 0. The molecule has 1 rings (SSSR count). The Bertz CT molecular complexity index is 167. The second-order valence-electron chi connectivity index (χ2n) is 3.83. The van der Waals surface area contributed by atoms with Gasteiger partial charge in [0, 0.05) is 24.0 Å². The summed E-state index contributed by atoms with van der Waals surface area (Å²) in [5.41, 5.74) is 0. The summed E-state index contributed by atoms with van der Waals surface area (Å²) < 4.78 is 0. The van der Waals surface area contributed by atoms with Crippen molar-refractivity contribution in [1.29, 1.82) is 0 Å². The van der Waals surface area contributed by atoms with Crippen molar-refractivity contribution in [3.63, 3.8) is 0 Å². The van der Waals surface area contributed by atoms with Gasteiger partial charge in [-0.3, -0.25) is 4.79 Å². The first-order chi connectivity index (χ1) is 6.83. The molecule has 82 valence electrons. The second-order valence-corrected chi connectivity index (χ2v) is 5.24. The largest absolute Gasteiger partial charge is 0.355 e. The van der Waals surface area contributed by atoms with E-state index in [-0.39, 0.29) is 5.91 Å². The van der Waals surface area contributed by atoms with Crippen LogP contribution in [0.2, 0.25) is 0 Å². The third-order valence-electron chi connectivity index (χ3n) is 2.65. The van der Waals surface area contributed by atoms with Crippen molar-refractivity contribution in [2.24, 2.45) is 0 Å². The number of carbonyl (C=O) groups excluding carboxylic acids is 1. The van der Waals surface area contributed by atoms with E-state index in [0.717, 1.165) is 17.5 Å². The van der Waals surface area contributed by atoms with Gasteiger partial charge in [-0.1, -0.05) is 26.2 Å². The molecule has 0 aliphatic heterocycles. The van der Waals surface area contributed by atoms with Crippen molar-refractivity contribution in [2.45, 2.75) is 50.7 Å². The van der Waals surface area contributed by atoms with E-state index < -0.39 is 0 Å². The Kier molecular flexibility index (Phi) is 6.08. The summed E-state index contributed by atoms with van der Waals surface area (Å²) in [6.07, 6.45) is 7.59. The van der Waals surface area contributed by atoms with Crippen LogP contribution in [-0.2, 0) is 4.79 Å². The molecule has 2 nitrogen and oxygen atoms in total. The molecule has 1 aliphatic carbocycles. The quantitative estimate of drug-likeness (QED) is 0.714. The van der Waals surface area contributed by atoms with Crippen LogP contribution in [0.1, 0.15) is 45.4 Å². The molecule has 0 aromatic rings. The van der Waals surface area contributed by atoms with Crippen LogP contribution in [0.25, 0.3) is 0 Å². The fraction of sp³-hybridized carbons (Fsp3) is 0.909. The number of carbonyl (C=O) groups is 1. The summed E-state index contributed by atoms with van der Waals surface area (Å²) in [4.78, 5) is 10.9. The maximum absolute atomic E-state index is 10.9. The summed E-state index contributed by atoms with van der Waals surface area (Å²) in [6.45, 7) is 2.73. The van der Waals surface area contributed by atoms with Gasteiger partial charge < -0.3 is 5.32 Å². The molecule has 0 aromatic heterocycles. The molecular formula is C11H21NOS. The molecule has 3 heteroatoms. The first-order valence-corrected chi connectivity index (χ1v) is 6.76. The molecule has 0 unspecified atom stereocenters. The van der Waals surface area contributed by atoms with Crippen molar-refractivity contribution in [1.82, 2.24) is 5.32 Å². The van der Waals surface area contributed by atoms with Gasteiger partial charge in [-0.25, -0.2) is 0 Å². The molecule has 1 N–H and O–H groups in total. The Balaban J connectivity index is 1.94. The monoisotopic (exact) mass is 215 g/mol. The van der Waals surface area contributed by atoms with Gasteiger partial charge in [-0.2, -0.15) is 11.8 Å². The van der Waals surface area contributed by atoms with Crippen LogP contribution in [-0.4, -0.2) is 23.5 Å². The molecule has 0 radical (unpaired) electrons. The number of thioether (sulfide) groups is 1. The van der Waals surface area contributed by atoms with Crippen LogP contribution < -0.4 is 5.32 Å². The minimum Gasteiger partial charge on any atom is -0.355 e. The fourth-order valence-electron chi connectivity index (χ4n) is 1.77. The summed E-state index contributed by atoms with van der Waals surface area (Å²) >= 11 is 2.04. The minimum absolute atomic E-state index is 0.175. The highest BCUT2D eigenvalue weighted by atomic mass is 32.2. The van der Waals surface area contributed by atoms with Crippen molar-refractivity contribution < 1.29 is 4.79 Å². The van der Waals surface area contributed by atoms with Gasteiger partial charge in [0.15, 0.2) is 0 Å². The van der Waals surface area contributed by atoms with E-state index >= 15 is 0 Å². The summed E-state index contributed by atoms with van der Waals surface area (Å²) in [5, 5.41) is 3.78. The molecule has 1 fully saturated rings. The lowest BCUT2D eigenvalue weighted by atomic mass is 10.0. The van der Waals surface area contributed by atoms with Crippen molar-refractivity contribution in [3.05, 3.63) is 0 Å². The van der Waals surface area contributed by atoms with Gasteiger partial charge >= 0.3 is 0 Å². The van der Waals surface area contributed by atoms with E-state index in [2.05, 4.69) is 5.32 Å². The highest BCUT2D eigenvalue weighted by Crippen LogP contribution is 2.27. The Labute approximate surface area is 91.2 Å². The first kappa shape index (κ1) is 11.9. The average Bonchev–Trinajstić information content (AvgIpc) is 2.25. The fourth-order valence-corrected chi connectivity index (χ4v) is 2.99. The molecule has 0 heterocycles. The van der Waals surface area contributed by atoms with Gasteiger partial charge in [0.1, 0.15) is 0 Å². The molecule has 0 spiro atoms. The van der Waals surface area contributed by atoms with Gasteiger partial charge in [0.25, 0.3) is 0 Å². The molecule has 0 aromatic carbocycles. The molecule has 14 heavy (non-hydrogen) atoms. The minimum atomic E-state index is 0.175. The molecule has 0 saturated heterocycles. The summed E-state index contributed by atoms with van der Waals surface area (Å²) in [5.74, 6) is 1.25. The lowest BCUT2D eigenvalue weighted by Crippen LogP contribution is -2.25. The standard InChI is InChI=1S/C11H21NOS/c1-2-11(13)12-8-9-14-10-6-4-3-5-7-10/h10H,2-9H2,1H3,(H,12,13). The van der Waals surface area contributed by atoms with Gasteiger partial charge in [-0.15, -0.1) is 0 Å². The first-order valence-electron chi connectivity index (χ1n) is 5.71. The van der Waals surface area contributed by atoms with E-state index in [4.69, 9.17) is 0 Å². The Morgan fingerprint density at radius 1 is 1.36 bits per heavy atom. The van der Waals surface area contributed by atoms with Gasteiger partial charge in [0.2, 0.25) is 5.91 Å². The lowest BCUT2D eigenvalue weighted by Gasteiger charge is -2.20. The SMILES string of the molecule is CCC(=O)NCCSC1CCCCC1. The summed E-state index contributed by atoms with van der Waals surface area (Å²) in [6, 6.07) is 0. The normalized spacial score (nSPS) is 18.1. The van der Waals surface area contributed by atoms with Crippen LogP contribution >= 0.6 is 11.8 Å². The van der Waals surface area contributed by atoms with Crippen molar-refractivity contribution in [3.8, 4) is 0 Å². The highest BCUT2D eigenvalue weighted by Gasteiger charge is 2.12. The van der Waals surface area contributed by atoms with E-state index in [1.807, 2.05) is 18.7 Å². The lowest BCUT2D eigenvalue weighted by molar-refractivity contribution is -0.120. The zero-order valence-electron chi connectivity index (χ0n) is 9.05.